The monoisotopic (exact) mass is 266 g/mol. The number of rotatable bonds is 2. The molecule has 0 unspecified atom stereocenters. The molecular formula is C12H12F2N4O. The van der Waals surface area contributed by atoms with Crippen molar-refractivity contribution in [2.24, 2.45) is 7.05 Å². The summed E-state index contributed by atoms with van der Waals surface area (Å²) < 4.78 is 28.7. The van der Waals surface area contributed by atoms with Gasteiger partial charge in [-0.1, -0.05) is 0 Å². The van der Waals surface area contributed by atoms with Crippen molar-refractivity contribution in [1.29, 1.82) is 0 Å². The molecule has 0 aliphatic heterocycles. The Bertz CT molecular complexity index is 651. The summed E-state index contributed by atoms with van der Waals surface area (Å²) in [5.74, 6) is -2.94. The molecule has 5 nitrogen and oxygen atoms in total. The number of nitrogens with zero attached hydrogens (tertiary/aromatic N) is 2. The van der Waals surface area contributed by atoms with Gasteiger partial charge >= 0.3 is 0 Å². The largest absolute Gasteiger partial charge is 0.396 e. The van der Waals surface area contributed by atoms with Crippen molar-refractivity contribution >= 4 is 17.3 Å². The van der Waals surface area contributed by atoms with Gasteiger partial charge in [0.2, 0.25) is 0 Å². The zero-order chi connectivity index (χ0) is 14.2. The Labute approximate surface area is 108 Å². The average molecular weight is 266 g/mol. The smallest absolute Gasteiger partial charge is 0.261 e. The van der Waals surface area contributed by atoms with E-state index in [1.807, 2.05) is 0 Å². The summed E-state index contributed by atoms with van der Waals surface area (Å²) in [6.07, 6.45) is 1.54. The molecule has 0 fully saturated rings. The number of amides is 1. The minimum absolute atomic E-state index is 0.283. The Kier molecular flexibility index (Phi) is 3.20. The Morgan fingerprint density at radius 1 is 1.42 bits per heavy atom. The van der Waals surface area contributed by atoms with Gasteiger partial charge in [-0.3, -0.25) is 9.48 Å². The van der Waals surface area contributed by atoms with Crippen molar-refractivity contribution < 1.29 is 13.6 Å². The summed E-state index contributed by atoms with van der Waals surface area (Å²) in [6.45, 7) is 1.67. The lowest BCUT2D eigenvalue weighted by molar-refractivity contribution is 0.101. The maximum atomic E-state index is 13.7. The molecule has 7 heteroatoms. The van der Waals surface area contributed by atoms with Crippen molar-refractivity contribution in [2.75, 3.05) is 11.1 Å². The molecule has 1 amide bonds. The van der Waals surface area contributed by atoms with E-state index in [4.69, 9.17) is 5.73 Å². The second-order valence-corrected chi connectivity index (χ2v) is 4.08. The lowest BCUT2D eigenvalue weighted by atomic mass is 10.1. The number of benzene rings is 1. The van der Waals surface area contributed by atoms with E-state index in [0.717, 1.165) is 12.1 Å². The zero-order valence-corrected chi connectivity index (χ0v) is 10.4. The van der Waals surface area contributed by atoms with E-state index >= 15 is 0 Å². The van der Waals surface area contributed by atoms with E-state index in [2.05, 4.69) is 10.4 Å². The number of anilines is 2. The first-order valence-corrected chi connectivity index (χ1v) is 5.45. The molecule has 19 heavy (non-hydrogen) atoms. The number of nitrogens with two attached hydrogens (primary N) is 1. The Balaban J connectivity index is 2.36. The standard InChI is InChI=1S/C12H12F2N4O/c1-6-9(5-18(2)17-6)16-12(19)10-7(13)3-4-8(15)11(10)14/h3-5H,15H2,1-2H3,(H,16,19). The number of hydrogen-bond donors (Lipinski definition) is 2. The van der Waals surface area contributed by atoms with Gasteiger partial charge in [0.05, 0.1) is 17.1 Å². The molecule has 1 heterocycles. The molecule has 2 aromatic rings. The number of carbonyl (C=O) groups excluding carboxylic acids is 1. The fourth-order valence-corrected chi connectivity index (χ4v) is 1.68. The van der Waals surface area contributed by atoms with Gasteiger partial charge in [0.25, 0.3) is 5.91 Å². The summed E-state index contributed by atoms with van der Waals surface area (Å²) in [5.41, 5.74) is 5.25. The Morgan fingerprint density at radius 2 is 2.11 bits per heavy atom. The molecule has 0 saturated heterocycles. The van der Waals surface area contributed by atoms with Gasteiger partial charge in [0.15, 0.2) is 5.82 Å². The van der Waals surface area contributed by atoms with Gasteiger partial charge in [-0.05, 0) is 19.1 Å². The van der Waals surface area contributed by atoms with Crippen LogP contribution >= 0.6 is 0 Å². The molecule has 3 N–H and O–H groups in total. The lowest BCUT2D eigenvalue weighted by Gasteiger charge is -2.07. The van der Waals surface area contributed by atoms with Crippen LogP contribution in [0.2, 0.25) is 0 Å². The quantitative estimate of drug-likeness (QED) is 0.815. The van der Waals surface area contributed by atoms with Crippen molar-refractivity contribution in [3.05, 3.63) is 41.2 Å². The zero-order valence-electron chi connectivity index (χ0n) is 10.4. The van der Waals surface area contributed by atoms with Crippen LogP contribution in [0.1, 0.15) is 16.1 Å². The van der Waals surface area contributed by atoms with Crippen LogP contribution in [-0.4, -0.2) is 15.7 Å². The van der Waals surface area contributed by atoms with Crippen LogP contribution in [-0.2, 0) is 7.05 Å². The molecular weight excluding hydrogens is 254 g/mol. The first kappa shape index (κ1) is 13.0. The van der Waals surface area contributed by atoms with Crippen LogP contribution in [0.3, 0.4) is 0 Å². The van der Waals surface area contributed by atoms with Gasteiger partial charge in [-0.2, -0.15) is 5.10 Å². The first-order valence-electron chi connectivity index (χ1n) is 5.45. The first-order chi connectivity index (χ1) is 8.90. The molecule has 1 aromatic heterocycles. The molecule has 0 atom stereocenters. The van der Waals surface area contributed by atoms with Crippen LogP contribution in [0.5, 0.6) is 0 Å². The Hall–Kier alpha value is -2.44. The topological polar surface area (TPSA) is 72.9 Å². The number of halogens is 2. The Morgan fingerprint density at radius 3 is 2.68 bits per heavy atom. The number of nitrogen functional groups attached to an aromatic ring is 1. The summed E-state index contributed by atoms with van der Waals surface area (Å²) in [5, 5.41) is 6.41. The number of aryl methyl sites for hydroxylation is 2. The van der Waals surface area contributed by atoms with Crippen LogP contribution < -0.4 is 11.1 Å². The second kappa shape index (κ2) is 4.68. The highest BCUT2D eigenvalue weighted by molar-refractivity contribution is 6.05. The van der Waals surface area contributed by atoms with E-state index in [-0.39, 0.29) is 5.69 Å². The molecule has 2 rings (SSSR count). The van der Waals surface area contributed by atoms with Crippen LogP contribution in [0.15, 0.2) is 18.3 Å². The number of hydrogen-bond acceptors (Lipinski definition) is 3. The summed E-state index contributed by atoms with van der Waals surface area (Å²) in [7, 11) is 1.67. The normalized spacial score (nSPS) is 10.5. The maximum absolute atomic E-state index is 13.7. The fraction of sp³-hybridized carbons (Fsp3) is 0.167. The van der Waals surface area contributed by atoms with E-state index in [1.165, 1.54) is 10.9 Å². The van der Waals surface area contributed by atoms with E-state index < -0.39 is 23.1 Å². The van der Waals surface area contributed by atoms with Crippen LogP contribution in [0.25, 0.3) is 0 Å². The minimum atomic E-state index is -1.07. The summed E-state index contributed by atoms with van der Waals surface area (Å²) in [6, 6.07) is 2.01. The third kappa shape index (κ3) is 2.40. The maximum Gasteiger partial charge on any atom is 0.261 e. The fourth-order valence-electron chi connectivity index (χ4n) is 1.68. The van der Waals surface area contributed by atoms with Crippen molar-refractivity contribution in [2.45, 2.75) is 6.92 Å². The minimum Gasteiger partial charge on any atom is -0.396 e. The van der Waals surface area contributed by atoms with Gasteiger partial charge in [-0.15, -0.1) is 0 Å². The van der Waals surface area contributed by atoms with Crippen LogP contribution in [0.4, 0.5) is 20.2 Å². The predicted molar refractivity (Wildman–Crippen MR) is 66.7 cm³/mol. The number of nitrogens with one attached hydrogen (secondary N) is 1. The number of carbonyl (C=O) groups is 1. The van der Waals surface area contributed by atoms with Crippen molar-refractivity contribution in [3.8, 4) is 0 Å². The summed E-state index contributed by atoms with van der Waals surface area (Å²) in [4.78, 5) is 11.9. The van der Waals surface area contributed by atoms with Gasteiger partial charge in [0, 0.05) is 13.2 Å². The highest BCUT2D eigenvalue weighted by atomic mass is 19.1. The highest BCUT2D eigenvalue weighted by Gasteiger charge is 2.20. The number of aromatic nitrogens is 2. The van der Waals surface area contributed by atoms with E-state index in [9.17, 15) is 13.6 Å². The molecule has 0 aliphatic rings. The molecule has 0 radical (unpaired) electrons. The molecule has 1 aromatic carbocycles. The molecule has 0 bridgehead atoms. The van der Waals surface area contributed by atoms with Crippen molar-refractivity contribution in [3.63, 3.8) is 0 Å². The van der Waals surface area contributed by atoms with Crippen molar-refractivity contribution in [1.82, 2.24) is 9.78 Å². The summed E-state index contributed by atoms with van der Waals surface area (Å²) >= 11 is 0. The molecule has 0 saturated carbocycles. The third-order valence-electron chi connectivity index (χ3n) is 2.61. The highest BCUT2D eigenvalue weighted by Crippen LogP contribution is 2.21. The molecule has 0 spiro atoms. The van der Waals surface area contributed by atoms with Crippen LogP contribution in [0, 0.1) is 18.6 Å². The third-order valence-corrected chi connectivity index (χ3v) is 2.61. The van der Waals surface area contributed by atoms with E-state index in [1.54, 1.807) is 14.0 Å². The lowest BCUT2D eigenvalue weighted by Crippen LogP contribution is -2.17. The average Bonchev–Trinajstić information content (AvgIpc) is 2.63. The van der Waals surface area contributed by atoms with Gasteiger partial charge < -0.3 is 11.1 Å². The predicted octanol–water partition coefficient (Wildman–Crippen LogP) is 1.84. The van der Waals surface area contributed by atoms with E-state index in [0.29, 0.717) is 11.4 Å². The van der Waals surface area contributed by atoms with Gasteiger partial charge in [0.1, 0.15) is 11.4 Å². The molecule has 0 aliphatic carbocycles. The second-order valence-electron chi connectivity index (χ2n) is 4.08. The SMILES string of the molecule is Cc1nn(C)cc1NC(=O)c1c(F)ccc(N)c1F. The molecule has 100 valence electrons. The van der Waals surface area contributed by atoms with Gasteiger partial charge in [-0.25, -0.2) is 8.78 Å².